The van der Waals surface area contributed by atoms with Crippen molar-refractivity contribution in [2.45, 2.75) is 0 Å². The highest BCUT2D eigenvalue weighted by Gasteiger charge is 2.18. The highest BCUT2D eigenvalue weighted by Crippen LogP contribution is 2.43. The summed E-state index contributed by atoms with van der Waals surface area (Å²) in [5, 5.41) is 12.2. The maximum absolute atomic E-state index is 6.39. The number of benzene rings is 9. The lowest BCUT2D eigenvalue weighted by molar-refractivity contribution is 0.669. The monoisotopic (exact) mass is 611 g/mol. The number of anilines is 3. The molecule has 224 valence electrons. The third-order valence-corrected chi connectivity index (χ3v) is 9.79. The predicted octanol–water partition coefficient (Wildman–Crippen LogP) is 13.3. The predicted molar refractivity (Wildman–Crippen MR) is 204 cm³/mol. The number of rotatable bonds is 4. The second kappa shape index (κ2) is 10.6. The molecule has 0 saturated heterocycles. The number of para-hydroxylation sites is 1. The Morgan fingerprint density at radius 3 is 1.85 bits per heavy atom. The van der Waals surface area contributed by atoms with Gasteiger partial charge in [0.15, 0.2) is 0 Å². The van der Waals surface area contributed by atoms with Gasteiger partial charge in [0.1, 0.15) is 11.2 Å². The standard InChI is InChI=1S/C46H29NO/c1-2-9-30(10-3-1)31-21-23-36(24-22-31)47(43-15-8-12-34-28-42-40-14-6-7-16-44(40)48-45(42)29-41(34)43)37-25-26-39-35(27-37)20-19-33-18-17-32-11-4-5-13-38(32)46(33)39/h1-29H. The lowest BCUT2D eigenvalue weighted by Gasteiger charge is -2.27. The molecule has 48 heavy (non-hydrogen) atoms. The SMILES string of the molecule is c1ccc(-c2ccc(N(c3ccc4c(ccc5ccc6ccccc6c54)c3)c3cccc4cc5c(cc34)oc3ccccc35)cc2)cc1. The first-order valence-corrected chi connectivity index (χ1v) is 16.4. The fraction of sp³-hybridized carbons (Fsp3) is 0. The molecule has 0 spiro atoms. The highest BCUT2D eigenvalue weighted by molar-refractivity contribution is 6.21. The molecule has 0 N–H and O–H groups in total. The maximum atomic E-state index is 6.39. The van der Waals surface area contributed by atoms with Gasteiger partial charge in [0, 0.05) is 27.5 Å². The second-order valence-electron chi connectivity index (χ2n) is 12.5. The molecule has 2 nitrogen and oxygen atoms in total. The summed E-state index contributed by atoms with van der Waals surface area (Å²) in [6, 6.07) is 63.4. The van der Waals surface area contributed by atoms with E-state index in [1.54, 1.807) is 0 Å². The van der Waals surface area contributed by atoms with Crippen LogP contribution in [0.2, 0.25) is 0 Å². The molecule has 0 unspecified atom stereocenters. The third-order valence-electron chi connectivity index (χ3n) is 9.79. The van der Waals surface area contributed by atoms with Crippen LogP contribution in [0.15, 0.2) is 180 Å². The van der Waals surface area contributed by atoms with E-state index in [1.165, 1.54) is 48.8 Å². The van der Waals surface area contributed by atoms with E-state index in [9.17, 15) is 0 Å². The summed E-state index contributed by atoms with van der Waals surface area (Å²) in [7, 11) is 0. The van der Waals surface area contributed by atoms with E-state index in [2.05, 4.69) is 169 Å². The van der Waals surface area contributed by atoms with E-state index in [1.807, 2.05) is 12.1 Å². The van der Waals surface area contributed by atoms with Crippen LogP contribution in [0, 0.1) is 0 Å². The number of fused-ring (bicyclic) bond motifs is 9. The van der Waals surface area contributed by atoms with E-state index in [0.717, 1.165) is 44.4 Å². The van der Waals surface area contributed by atoms with Crippen molar-refractivity contribution in [2.24, 2.45) is 0 Å². The summed E-state index contributed by atoms with van der Waals surface area (Å²) in [6.45, 7) is 0. The summed E-state index contributed by atoms with van der Waals surface area (Å²) in [4.78, 5) is 2.39. The van der Waals surface area contributed by atoms with Gasteiger partial charge in [0.2, 0.25) is 0 Å². The fourth-order valence-corrected chi connectivity index (χ4v) is 7.50. The van der Waals surface area contributed by atoms with E-state index in [4.69, 9.17) is 4.42 Å². The van der Waals surface area contributed by atoms with Crippen molar-refractivity contribution < 1.29 is 4.42 Å². The first-order chi connectivity index (χ1) is 23.8. The molecule has 0 bridgehead atoms. The van der Waals surface area contributed by atoms with Crippen molar-refractivity contribution in [3.05, 3.63) is 176 Å². The van der Waals surface area contributed by atoms with Gasteiger partial charge < -0.3 is 9.32 Å². The molecule has 0 aliphatic heterocycles. The van der Waals surface area contributed by atoms with Gasteiger partial charge >= 0.3 is 0 Å². The Kier molecular flexibility index (Phi) is 5.91. The zero-order valence-electron chi connectivity index (χ0n) is 26.1. The Bertz CT molecular complexity index is 2830. The van der Waals surface area contributed by atoms with Crippen molar-refractivity contribution in [1.29, 1.82) is 0 Å². The Morgan fingerprint density at radius 1 is 0.333 bits per heavy atom. The zero-order chi connectivity index (χ0) is 31.6. The molecule has 9 aromatic carbocycles. The normalized spacial score (nSPS) is 11.8. The van der Waals surface area contributed by atoms with Gasteiger partial charge in [-0.25, -0.2) is 0 Å². The second-order valence-corrected chi connectivity index (χ2v) is 12.5. The van der Waals surface area contributed by atoms with E-state index >= 15 is 0 Å². The number of hydrogen-bond donors (Lipinski definition) is 0. The lowest BCUT2D eigenvalue weighted by Crippen LogP contribution is -2.10. The average molecular weight is 612 g/mol. The van der Waals surface area contributed by atoms with Crippen molar-refractivity contribution in [2.75, 3.05) is 4.90 Å². The van der Waals surface area contributed by atoms with Crippen molar-refractivity contribution in [3.63, 3.8) is 0 Å². The molecule has 0 atom stereocenters. The molecule has 0 aliphatic rings. The van der Waals surface area contributed by atoms with Gasteiger partial charge in [-0.3, -0.25) is 0 Å². The van der Waals surface area contributed by atoms with Gasteiger partial charge in [-0.05, 0) is 97.4 Å². The van der Waals surface area contributed by atoms with Crippen LogP contribution in [0.25, 0.3) is 76.2 Å². The topological polar surface area (TPSA) is 16.4 Å². The number of nitrogens with zero attached hydrogens (tertiary/aromatic N) is 1. The molecule has 1 aromatic heterocycles. The van der Waals surface area contributed by atoms with Crippen molar-refractivity contribution in [1.82, 2.24) is 0 Å². The minimum absolute atomic E-state index is 0.896. The van der Waals surface area contributed by atoms with Crippen LogP contribution in [-0.2, 0) is 0 Å². The molecule has 10 aromatic rings. The largest absolute Gasteiger partial charge is 0.456 e. The summed E-state index contributed by atoms with van der Waals surface area (Å²) >= 11 is 0. The van der Waals surface area contributed by atoms with E-state index in [-0.39, 0.29) is 0 Å². The maximum Gasteiger partial charge on any atom is 0.136 e. The molecule has 0 saturated carbocycles. The first kappa shape index (κ1) is 26.8. The van der Waals surface area contributed by atoms with Crippen molar-refractivity contribution in [3.8, 4) is 11.1 Å². The van der Waals surface area contributed by atoms with Gasteiger partial charge in [0.25, 0.3) is 0 Å². The third kappa shape index (κ3) is 4.20. The summed E-state index contributed by atoms with van der Waals surface area (Å²) in [5.74, 6) is 0. The van der Waals surface area contributed by atoms with Crippen LogP contribution < -0.4 is 4.90 Å². The summed E-state index contributed by atoms with van der Waals surface area (Å²) < 4.78 is 6.39. The summed E-state index contributed by atoms with van der Waals surface area (Å²) in [6.07, 6.45) is 0. The smallest absolute Gasteiger partial charge is 0.136 e. The Balaban J connectivity index is 1.21. The fourth-order valence-electron chi connectivity index (χ4n) is 7.50. The molecule has 0 fully saturated rings. The van der Waals surface area contributed by atoms with E-state index < -0.39 is 0 Å². The number of furan rings is 1. The molecular weight excluding hydrogens is 583 g/mol. The molecular formula is C46H29NO. The zero-order valence-corrected chi connectivity index (χ0v) is 26.1. The van der Waals surface area contributed by atoms with E-state index in [0.29, 0.717) is 0 Å². The molecule has 2 heteroatoms. The summed E-state index contributed by atoms with van der Waals surface area (Å²) in [5.41, 5.74) is 7.51. The van der Waals surface area contributed by atoms with Gasteiger partial charge in [-0.2, -0.15) is 0 Å². The molecule has 0 amide bonds. The van der Waals surface area contributed by atoms with Crippen LogP contribution in [0.5, 0.6) is 0 Å². The van der Waals surface area contributed by atoms with Crippen LogP contribution in [-0.4, -0.2) is 0 Å². The minimum Gasteiger partial charge on any atom is -0.456 e. The Morgan fingerprint density at radius 2 is 0.979 bits per heavy atom. The first-order valence-electron chi connectivity index (χ1n) is 16.4. The quantitative estimate of drug-likeness (QED) is 0.184. The van der Waals surface area contributed by atoms with Crippen LogP contribution in [0.4, 0.5) is 17.1 Å². The molecule has 10 rings (SSSR count). The molecule has 1 heterocycles. The Labute approximate surface area is 277 Å². The Hall–Kier alpha value is -6.38. The molecule has 0 aliphatic carbocycles. The lowest BCUT2D eigenvalue weighted by atomic mass is 9.96. The van der Waals surface area contributed by atoms with Gasteiger partial charge in [-0.1, -0.05) is 127 Å². The van der Waals surface area contributed by atoms with Crippen LogP contribution in [0.3, 0.4) is 0 Å². The van der Waals surface area contributed by atoms with Gasteiger partial charge in [0.05, 0.1) is 5.69 Å². The van der Waals surface area contributed by atoms with Gasteiger partial charge in [-0.15, -0.1) is 0 Å². The highest BCUT2D eigenvalue weighted by atomic mass is 16.3. The van der Waals surface area contributed by atoms with Crippen LogP contribution in [0.1, 0.15) is 0 Å². The van der Waals surface area contributed by atoms with Crippen LogP contribution >= 0.6 is 0 Å². The number of hydrogen-bond acceptors (Lipinski definition) is 2. The molecule has 0 radical (unpaired) electrons. The van der Waals surface area contributed by atoms with Crippen molar-refractivity contribution >= 4 is 82.1 Å². The minimum atomic E-state index is 0.896. The average Bonchev–Trinajstić information content (AvgIpc) is 3.52.